The van der Waals surface area contributed by atoms with Gasteiger partial charge in [0.2, 0.25) is 10.0 Å². The van der Waals surface area contributed by atoms with Crippen molar-refractivity contribution >= 4 is 21.7 Å². The molecule has 18 heavy (non-hydrogen) atoms. The van der Waals surface area contributed by atoms with Crippen molar-refractivity contribution in [3.05, 3.63) is 29.8 Å². The van der Waals surface area contributed by atoms with Gasteiger partial charge in [0.25, 0.3) is 0 Å². The van der Waals surface area contributed by atoms with Gasteiger partial charge in [-0.05, 0) is 18.6 Å². The number of carbonyl (C=O) groups excluding carboxylic acids is 1. The van der Waals surface area contributed by atoms with Crippen LogP contribution in [0.1, 0.15) is 18.5 Å². The molecular weight excluding hydrogens is 254 g/mol. The van der Waals surface area contributed by atoms with Gasteiger partial charge in [-0.15, -0.1) is 0 Å². The summed E-state index contributed by atoms with van der Waals surface area (Å²) < 4.78 is 24.9. The molecule has 0 saturated heterocycles. The average Bonchev–Trinajstić information content (AvgIpc) is 2.27. The number of rotatable bonds is 4. The van der Waals surface area contributed by atoms with E-state index in [1.165, 1.54) is 7.05 Å². The zero-order valence-electron chi connectivity index (χ0n) is 10.5. The summed E-state index contributed by atoms with van der Waals surface area (Å²) in [5.74, 6) is 0. The molecule has 0 spiro atoms. The summed E-state index contributed by atoms with van der Waals surface area (Å²) in [5.41, 5.74) is 1.16. The zero-order valence-corrected chi connectivity index (χ0v) is 11.3. The number of sulfonamides is 1. The predicted octanol–water partition coefficient (Wildman–Crippen LogP) is 1.05. The third-order valence-corrected chi connectivity index (χ3v) is 2.89. The maximum Gasteiger partial charge on any atom is 0.315 e. The zero-order chi connectivity index (χ0) is 13.8. The van der Waals surface area contributed by atoms with Crippen molar-refractivity contribution in [1.82, 2.24) is 10.6 Å². The number of benzene rings is 1. The van der Waals surface area contributed by atoms with Gasteiger partial charge in [0.1, 0.15) is 0 Å². The Morgan fingerprint density at radius 3 is 2.44 bits per heavy atom. The fourth-order valence-electron chi connectivity index (χ4n) is 1.51. The first-order chi connectivity index (χ1) is 8.33. The van der Waals surface area contributed by atoms with Gasteiger partial charge in [-0.25, -0.2) is 13.2 Å². The van der Waals surface area contributed by atoms with E-state index in [-0.39, 0.29) is 12.1 Å². The first-order valence-corrected chi connectivity index (χ1v) is 7.27. The normalized spacial score (nSPS) is 12.6. The molecule has 3 N–H and O–H groups in total. The number of para-hydroxylation sites is 1. The Hall–Kier alpha value is -1.76. The molecule has 1 aromatic carbocycles. The van der Waals surface area contributed by atoms with Crippen molar-refractivity contribution in [2.45, 2.75) is 13.0 Å². The Balaban J connectivity index is 2.98. The van der Waals surface area contributed by atoms with E-state index in [9.17, 15) is 13.2 Å². The Bertz CT molecular complexity index is 528. The standard InChI is InChI=1S/C11H17N3O3S/c1-8(13-11(15)12-2)9-6-4-5-7-10(9)14-18(3,16)17/h4-8,14H,1-3H3,(H2,12,13,15)/t8-/m0/s1. The lowest BCUT2D eigenvalue weighted by Gasteiger charge is -2.18. The molecule has 0 aliphatic rings. The van der Waals surface area contributed by atoms with Crippen LogP contribution in [0.3, 0.4) is 0 Å². The lowest BCUT2D eigenvalue weighted by molar-refractivity contribution is 0.240. The summed E-state index contributed by atoms with van der Waals surface area (Å²) in [6.07, 6.45) is 1.08. The van der Waals surface area contributed by atoms with Gasteiger partial charge in [-0.3, -0.25) is 4.72 Å². The fraction of sp³-hybridized carbons (Fsp3) is 0.364. The molecule has 0 aliphatic carbocycles. The molecule has 1 aromatic rings. The number of carbonyl (C=O) groups is 1. The number of urea groups is 1. The van der Waals surface area contributed by atoms with E-state index in [1.807, 2.05) is 0 Å². The van der Waals surface area contributed by atoms with E-state index in [2.05, 4.69) is 15.4 Å². The summed E-state index contributed by atoms with van der Waals surface area (Å²) >= 11 is 0. The second-order valence-corrected chi connectivity index (χ2v) is 5.66. The number of hydrogen-bond acceptors (Lipinski definition) is 3. The van der Waals surface area contributed by atoms with Crippen LogP contribution in [0.5, 0.6) is 0 Å². The summed E-state index contributed by atoms with van der Waals surface area (Å²) in [6.45, 7) is 1.78. The Morgan fingerprint density at radius 2 is 1.89 bits per heavy atom. The van der Waals surface area contributed by atoms with Crippen LogP contribution in [0.4, 0.5) is 10.5 Å². The molecule has 0 bridgehead atoms. The van der Waals surface area contributed by atoms with E-state index >= 15 is 0 Å². The van der Waals surface area contributed by atoms with Gasteiger partial charge in [0.05, 0.1) is 18.0 Å². The molecule has 6 nitrogen and oxygen atoms in total. The van der Waals surface area contributed by atoms with Crippen LogP contribution in [-0.2, 0) is 10.0 Å². The minimum absolute atomic E-state index is 0.310. The van der Waals surface area contributed by atoms with E-state index in [0.717, 1.165) is 6.26 Å². The van der Waals surface area contributed by atoms with Gasteiger partial charge in [-0.1, -0.05) is 18.2 Å². The summed E-state index contributed by atoms with van der Waals surface area (Å²) in [7, 11) is -1.83. The Morgan fingerprint density at radius 1 is 1.28 bits per heavy atom. The summed E-state index contributed by atoms with van der Waals surface area (Å²) in [4.78, 5) is 11.2. The minimum atomic E-state index is -3.35. The molecule has 1 atom stereocenters. The monoisotopic (exact) mass is 271 g/mol. The highest BCUT2D eigenvalue weighted by atomic mass is 32.2. The lowest BCUT2D eigenvalue weighted by atomic mass is 10.1. The maximum absolute atomic E-state index is 11.2. The maximum atomic E-state index is 11.2. The van der Waals surface area contributed by atoms with Gasteiger partial charge >= 0.3 is 6.03 Å². The largest absolute Gasteiger partial charge is 0.341 e. The van der Waals surface area contributed by atoms with Gasteiger partial charge in [0.15, 0.2) is 0 Å². The number of amides is 2. The molecule has 0 radical (unpaired) electrons. The molecule has 0 saturated carbocycles. The number of hydrogen-bond donors (Lipinski definition) is 3. The SMILES string of the molecule is CNC(=O)N[C@@H](C)c1ccccc1NS(C)(=O)=O. The van der Waals surface area contributed by atoms with Gasteiger partial charge in [0, 0.05) is 7.05 Å². The molecule has 0 aliphatic heterocycles. The third kappa shape index (κ3) is 4.25. The third-order valence-electron chi connectivity index (χ3n) is 2.30. The second kappa shape index (κ2) is 5.72. The van der Waals surface area contributed by atoms with Crippen molar-refractivity contribution in [2.24, 2.45) is 0 Å². The van der Waals surface area contributed by atoms with Crippen LogP contribution in [-0.4, -0.2) is 27.8 Å². The molecule has 0 heterocycles. The quantitative estimate of drug-likeness (QED) is 0.765. The van der Waals surface area contributed by atoms with Crippen LogP contribution in [0.15, 0.2) is 24.3 Å². The molecule has 0 fully saturated rings. The van der Waals surface area contributed by atoms with E-state index in [0.29, 0.717) is 11.3 Å². The van der Waals surface area contributed by atoms with E-state index in [4.69, 9.17) is 0 Å². The lowest BCUT2D eigenvalue weighted by Crippen LogP contribution is -2.34. The highest BCUT2D eigenvalue weighted by molar-refractivity contribution is 7.92. The van der Waals surface area contributed by atoms with Crippen molar-refractivity contribution < 1.29 is 13.2 Å². The van der Waals surface area contributed by atoms with Crippen molar-refractivity contribution in [3.63, 3.8) is 0 Å². The predicted molar refractivity (Wildman–Crippen MR) is 70.9 cm³/mol. The van der Waals surface area contributed by atoms with Crippen LogP contribution in [0.2, 0.25) is 0 Å². The molecular formula is C11H17N3O3S. The van der Waals surface area contributed by atoms with Gasteiger partial charge in [-0.2, -0.15) is 0 Å². The highest BCUT2D eigenvalue weighted by Crippen LogP contribution is 2.23. The van der Waals surface area contributed by atoms with Crippen LogP contribution in [0.25, 0.3) is 0 Å². The molecule has 1 rings (SSSR count). The minimum Gasteiger partial charge on any atom is -0.341 e. The van der Waals surface area contributed by atoms with Crippen LogP contribution >= 0.6 is 0 Å². The Kier molecular flexibility index (Phi) is 4.55. The topological polar surface area (TPSA) is 87.3 Å². The first-order valence-electron chi connectivity index (χ1n) is 5.38. The van der Waals surface area contributed by atoms with Gasteiger partial charge < -0.3 is 10.6 Å². The van der Waals surface area contributed by atoms with E-state index in [1.54, 1.807) is 31.2 Å². The van der Waals surface area contributed by atoms with Crippen molar-refractivity contribution in [2.75, 3.05) is 18.0 Å². The highest BCUT2D eigenvalue weighted by Gasteiger charge is 2.14. The first kappa shape index (κ1) is 14.3. The average molecular weight is 271 g/mol. The molecule has 2 amide bonds. The molecule has 0 unspecified atom stereocenters. The molecule has 100 valence electrons. The summed E-state index contributed by atoms with van der Waals surface area (Å²) in [6, 6.07) is 6.29. The Labute approximate surface area is 107 Å². The smallest absolute Gasteiger partial charge is 0.315 e. The van der Waals surface area contributed by atoms with Crippen molar-refractivity contribution in [1.29, 1.82) is 0 Å². The second-order valence-electron chi connectivity index (χ2n) is 3.91. The van der Waals surface area contributed by atoms with Crippen LogP contribution in [0, 0.1) is 0 Å². The number of nitrogens with one attached hydrogen (secondary N) is 3. The van der Waals surface area contributed by atoms with Crippen LogP contribution < -0.4 is 15.4 Å². The van der Waals surface area contributed by atoms with Crippen molar-refractivity contribution in [3.8, 4) is 0 Å². The number of anilines is 1. The summed E-state index contributed by atoms with van der Waals surface area (Å²) in [5, 5.41) is 5.13. The fourth-order valence-corrected chi connectivity index (χ4v) is 2.10. The van der Waals surface area contributed by atoms with E-state index < -0.39 is 10.0 Å². The molecule has 0 aromatic heterocycles. The molecule has 7 heteroatoms.